The third-order valence-electron chi connectivity index (χ3n) is 5.60. The molecule has 1 aliphatic heterocycles. The van der Waals surface area contributed by atoms with Gasteiger partial charge in [0.1, 0.15) is 5.82 Å². The van der Waals surface area contributed by atoms with Gasteiger partial charge in [0, 0.05) is 38.1 Å². The molecule has 34 heavy (non-hydrogen) atoms. The third kappa shape index (κ3) is 4.76. The summed E-state index contributed by atoms with van der Waals surface area (Å²) in [5.74, 6) is -1.18. The lowest BCUT2D eigenvalue weighted by atomic mass is 10.2. The molecule has 1 aromatic heterocycles. The summed E-state index contributed by atoms with van der Waals surface area (Å²) >= 11 is 5.95. The number of halogens is 2. The summed E-state index contributed by atoms with van der Waals surface area (Å²) in [5, 5.41) is 4.55. The molecule has 0 radical (unpaired) electrons. The van der Waals surface area contributed by atoms with Gasteiger partial charge in [0.25, 0.3) is 11.5 Å². The van der Waals surface area contributed by atoms with Gasteiger partial charge >= 0.3 is 5.69 Å². The minimum atomic E-state index is -0.849. The van der Waals surface area contributed by atoms with Gasteiger partial charge in [-0.3, -0.25) is 19.0 Å². The fourth-order valence-corrected chi connectivity index (χ4v) is 3.81. The first-order chi connectivity index (χ1) is 16.2. The normalized spacial score (nSPS) is 13.7. The summed E-state index contributed by atoms with van der Waals surface area (Å²) in [6.07, 6.45) is 0. The van der Waals surface area contributed by atoms with Crippen LogP contribution in [-0.2, 0) is 11.3 Å². The highest BCUT2D eigenvalue weighted by atomic mass is 35.5. The van der Waals surface area contributed by atoms with Gasteiger partial charge in [0.15, 0.2) is 0 Å². The number of benzene rings is 2. The van der Waals surface area contributed by atoms with E-state index in [0.29, 0.717) is 29.4 Å². The Morgan fingerprint density at radius 2 is 1.53 bits per heavy atom. The van der Waals surface area contributed by atoms with Crippen LogP contribution in [0.4, 0.5) is 4.39 Å². The van der Waals surface area contributed by atoms with E-state index in [1.165, 1.54) is 36.1 Å². The number of carbonyl (C=O) groups excluding carboxylic acids is 2. The molecule has 2 heterocycles. The van der Waals surface area contributed by atoms with Gasteiger partial charge in [-0.1, -0.05) is 23.7 Å². The molecule has 176 valence electrons. The predicted molar refractivity (Wildman–Crippen MR) is 123 cm³/mol. The maximum Gasteiger partial charge on any atom is 0.352 e. The zero-order chi connectivity index (χ0) is 24.4. The molecule has 0 atom stereocenters. The molecule has 2 aromatic carbocycles. The molecular weight excluding hydrogens is 465 g/mol. The zero-order valence-corrected chi connectivity index (χ0v) is 19.0. The Bertz CT molecular complexity index is 1340. The van der Waals surface area contributed by atoms with Gasteiger partial charge in [-0.15, -0.1) is 0 Å². The molecular formula is C23H21ClFN5O4. The molecule has 0 unspecified atom stereocenters. The Morgan fingerprint density at radius 3 is 2.12 bits per heavy atom. The lowest BCUT2D eigenvalue weighted by Crippen LogP contribution is -2.52. The maximum atomic E-state index is 13.3. The number of rotatable bonds is 4. The number of hydrogen-bond donors (Lipinski definition) is 0. The highest BCUT2D eigenvalue weighted by Gasteiger charge is 2.28. The minimum absolute atomic E-state index is 0.0943. The average molecular weight is 486 g/mol. The topological polar surface area (TPSA) is 97.5 Å². The van der Waals surface area contributed by atoms with Crippen molar-refractivity contribution < 1.29 is 14.0 Å². The Kier molecular flexibility index (Phi) is 6.60. The van der Waals surface area contributed by atoms with Gasteiger partial charge in [0.05, 0.1) is 12.2 Å². The second-order valence-electron chi connectivity index (χ2n) is 7.84. The molecule has 0 bridgehead atoms. The van der Waals surface area contributed by atoms with Crippen molar-refractivity contribution in [3.63, 3.8) is 0 Å². The first-order valence-electron chi connectivity index (χ1n) is 10.5. The molecule has 0 aliphatic carbocycles. The summed E-state index contributed by atoms with van der Waals surface area (Å²) in [6, 6.07) is 11.6. The molecule has 0 spiro atoms. The van der Waals surface area contributed by atoms with Crippen molar-refractivity contribution in [2.75, 3.05) is 26.2 Å². The summed E-state index contributed by atoms with van der Waals surface area (Å²) in [5.41, 5.74) is -1.21. The first-order valence-corrected chi connectivity index (χ1v) is 10.9. The second kappa shape index (κ2) is 9.60. The van der Waals surface area contributed by atoms with Crippen LogP contribution in [0.3, 0.4) is 0 Å². The van der Waals surface area contributed by atoms with Crippen molar-refractivity contribution in [1.82, 2.24) is 24.1 Å². The SMILES string of the molecule is CC(=O)N1CCN(C(=O)c2nn(-c3ccc(Cl)cc3)c(=O)n(Cc3ccc(F)cc3)c2=O)CC1. The van der Waals surface area contributed by atoms with Crippen LogP contribution < -0.4 is 11.2 Å². The van der Waals surface area contributed by atoms with Crippen molar-refractivity contribution in [2.45, 2.75) is 13.5 Å². The number of hydrogen-bond acceptors (Lipinski definition) is 5. The van der Waals surface area contributed by atoms with E-state index in [9.17, 15) is 23.6 Å². The first kappa shape index (κ1) is 23.4. The third-order valence-corrected chi connectivity index (χ3v) is 5.85. The maximum absolute atomic E-state index is 13.3. The zero-order valence-electron chi connectivity index (χ0n) is 18.3. The average Bonchev–Trinajstić information content (AvgIpc) is 2.83. The number of piperazine rings is 1. The molecule has 4 rings (SSSR count). The van der Waals surface area contributed by atoms with E-state index in [-0.39, 0.29) is 25.5 Å². The number of amides is 2. The summed E-state index contributed by atoms with van der Waals surface area (Å²) in [6.45, 7) is 2.42. The van der Waals surface area contributed by atoms with Crippen molar-refractivity contribution in [2.24, 2.45) is 0 Å². The molecule has 1 saturated heterocycles. The van der Waals surface area contributed by atoms with Crippen LogP contribution in [-0.4, -0.2) is 62.1 Å². The number of nitrogens with zero attached hydrogens (tertiary/aromatic N) is 5. The molecule has 0 N–H and O–H groups in total. The lowest BCUT2D eigenvalue weighted by molar-refractivity contribution is -0.130. The van der Waals surface area contributed by atoms with Gasteiger partial charge in [-0.2, -0.15) is 9.78 Å². The summed E-state index contributed by atoms with van der Waals surface area (Å²) in [4.78, 5) is 54.3. The van der Waals surface area contributed by atoms with Crippen molar-refractivity contribution in [1.29, 1.82) is 0 Å². The monoisotopic (exact) mass is 485 g/mol. The predicted octanol–water partition coefficient (Wildman–Crippen LogP) is 1.54. The van der Waals surface area contributed by atoms with Crippen LogP contribution in [0.1, 0.15) is 23.0 Å². The Labute approximate surface area is 198 Å². The molecule has 2 amide bonds. The van der Waals surface area contributed by atoms with Crippen molar-refractivity contribution in [3.8, 4) is 5.69 Å². The van der Waals surface area contributed by atoms with Crippen molar-refractivity contribution >= 4 is 23.4 Å². The molecule has 11 heteroatoms. The van der Waals surface area contributed by atoms with Gasteiger partial charge in [-0.25, -0.2) is 9.18 Å². The molecule has 9 nitrogen and oxygen atoms in total. The summed E-state index contributed by atoms with van der Waals surface area (Å²) < 4.78 is 15.2. The molecule has 3 aromatic rings. The number of carbonyl (C=O) groups is 2. The van der Waals surface area contributed by atoms with E-state index >= 15 is 0 Å². The van der Waals surface area contributed by atoms with Crippen LogP contribution in [0.2, 0.25) is 5.02 Å². The van der Waals surface area contributed by atoms with Gasteiger partial charge < -0.3 is 9.80 Å². The molecule has 1 aliphatic rings. The fourth-order valence-electron chi connectivity index (χ4n) is 3.69. The van der Waals surface area contributed by atoms with E-state index in [2.05, 4.69) is 5.10 Å². The minimum Gasteiger partial charge on any atom is -0.339 e. The lowest BCUT2D eigenvalue weighted by Gasteiger charge is -2.33. The summed E-state index contributed by atoms with van der Waals surface area (Å²) in [7, 11) is 0. The van der Waals surface area contributed by atoms with Gasteiger partial charge in [-0.05, 0) is 42.0 Å². The van der Waals surface area contributed by atoms with Crippen LogP contribution in [0, 0.1) is 5.82 Å². The van der Waals surface area contributed by atoms with Crippen molar-refractivity contribution in [3.05, 3.63) is 91.5 Å². The van der Waals surface area contributed by atoms with Gasteiger partial charge in [0.2, 0.25) is 11.6 Å². The van der Waals surface area contributed by atoms with Crippen LogP contribution >= 0.6 is 11.6 Å². The Hall–Kier alpha value is -3.79. The van der Waals surface area contributed by atoms with E-state index < -0.39 is 28.7 Å². The fraction of sp³-hybridized carbons (Fsp3) is 0.261. The second-order valence-corrected chi connectivity index (χ2v) is 8.27. The van der Waals surface area contributed by atoms with E-state index in [1.807, 2.05) is 0 Å². The largest absolute Gasteiger partial charge is 0.352 e. The Morgan fingerprint density at radius 1 is 0.941 bits per heavy atom. The van der Waals surface area contributed by atoms with Crippen LogP contribution in [0.15, 0.2) is 58.1 Å². The van der Waals surface area contributed by atoms with Crippen LogP contribution in [0.25, 0.3) is 5.69 Å². The highest BCUT2D eigenvalue weighted by Crippen LogP contribution is 2.12. The number of aromatic nitrogens is 3. The van der Waals surface area contributed by atoms with Crippen LogP contribution in [0.5, 0.6) is 0 Å². The van der Waals surface area contributed by atoms with E-state index in [1.54, 1.807) is 29.2 Å². The highest BCUT2D eigenvalue weighted by molar-refractivity contribution is 6.30. The van der Waals surface area contributed by atoms with E-state index in [0.717, 1.165) is 9.25 Å². The Balaban J connectivity index is 1.78. The van der Waals surface area contributed by atoms with E-state index in [4.69, 9.17) is 11.6 Å². The standard InChI is InChI=1S/C23H21ClFN5O4/c1-15(31)27-10-12-28(13-11-27)21(32)20-22(33)29(14-16-2-6-18(25)7-3-16)23(34)30(26-20)19-8-4-17(24)5-9-19/h2-9H,10-14H2,1H3. The molecule has 1 fully saturated rings. The smallest absolute Gasteiger partial charge is 0.339 e. The quantitative estimate of drug-likeness (QED) is 0.558. The molecule has 0 saturated carbocycles.